The number of aromatic nitrogens is 10. The van der Waals surface area contributed by atoms with Crippen molar-refractivity contribution in [3.05, 3.63) is 275 Å². The number of fused-ring (bicyclic) bond motifs is 1. The quantitative estimate of drug-likeness (QED) is 0.0563. The van der Waals surface area contributed by atoms with Crippen LogP contribution in [0, 0.1) is 35.2 Å². The molecule has 6 atom stereocenters. The van der Waals surface area contributed by atoms with Crippen molar-refractivity contribution in [3.8, 4) is 11.4 Å². The van der Waals surface area contributed by atoms with Gasteiger partial charge in [0.1, 0.15) is 46.3 Å². The molecule has 0 bridgehead atoms. The maximum absolute atomic E-state index is 13.7. The molecule has 10 aromatic rings. The third-order valence-electron chi connectivity index (χ3n) is 16.7. The van der Waals surface area contributed by atoms with Gasteiger partial charge in [0.2, 0.25) is 0 Å². The predicted molar refractivity (Wildman–Crippen MR) is 344 cm³/mol. The van der Waals surface area contributed by atoms with Gasteiger partial charge >= 0.3 is 5.97 Å². The second-order valence-electron chi connectivity index (χ2n) is 23.7. The van der Waals surface area contributed by atoms with E-state index < -0.39 is 23.5 Å². The van der Waals surface area contributed by atoms with Crippen LogP contribution in [0.1, 0.15) is 105 Å². The van der Waals surface area contributed by atoms with E-state index in [1.807, 2.05) is 42.5 Å². The number of aromatic amines is 3. The first kappa shape index (κ1) is 65.8. The molecule has 0 radical (unpaired) electrons. The lowest BCUT2D eigenvalue weighted by Gasteiger charge is -2.16. The Morgan fingerprint density at radius 2 is 0.957 bits per heavy atom. The number of nitrogens with two attached hydrogens (primary N) is 1. The number of H-pyrrole nitrogens is 3. The Labute approximate surface area is 533 Å². The molecule has 0 aliphatic carbocycles. The highest BCUT2D eigenvalue weighted by molar-refractivity contribution is 5.94. The first-order valence-corrected chi connectivity index (χ1v) is 30.6. The van der Waals surface area contributed by atoms with Crippen molar-refractivity contribution in [2.24, 2.45) is 23.5 Å². The minimum absolute atomic E-state index is 0.0278. The van der Waals surface area contributed by atoms with Gasteiger partial charge in [0.25, 0.3) is 22.6 Å². The topological polar surface area (TPSA) is 282 Å². The van der Waals surface area contributed by atoms with E-state index in [0.29, 0.717) is 52.1 Å². The summed E-state index contributed by atoms with van der Waals surface area (Å²) >= 11 is 0. The molecule has 93 heavy (non-hydrogen) atoms. The number of amides is 1. The standard InChI is InChI=1S/C23H24FN5O2.C23H22FN5O.C16H21N5O.C7H5FO2/c1-15-12-29(13-16-6-3-2-4-7-16)14-19(15)21-26-23(31)20(27-28-21)11-25-22(30)17-8-5-9-18(24)10-17;1-15-12-28(13-16-6-3-2-4-7-16)14-19(15)21-26-23(30)20-11-25-22(29(20)27-21)17-8-5-9-18(24)10-17;1-11-8-21(9-12-5-3-2-4-6-12)10-13(11)15-18-16(22)14(7-17)19-20-15;8-6-3-1-2-5(4-6)7(9)10/h2-10,15,19H,11-14H2,1H3,(H,25,30)(H,26,28,31);2-11,15,19H,12-14H2,1H3,(H,26,27,30);2-6,11,13H,7-10,17H2,1H3,(H,18,20,22);1-4H,(H,9,10). The number of nitrogens with zero attached hydrogens (tertiary/aromatic N) is 10. The Kier molecular flexibility index (Phi) is 21.8. The van der Waals surface area contributed by atoms with Crippen molar-refractivity contribution in [2.75, 3.05) is 39.3 Å². The highest BCUT2D eigenvalue weighted by Crippen LogP contribution is 2.34. The Morgan fingerprint density at radius 3 is 1.40 bits per heavy atom. The highest BCUT2D eigenvalue weighted by Gasteiger charge is 2.36. The van der Waals surface area contributed by atoms with Crippen molar-refractivity contribution in [2.45, 2.75) is 71.2 Å². The first-order valence-electron chi connectivity index (χ1n) is 30.6. The van der Waals surface area contributed by atoms with E-state index in [0.717, 1.165) is 71.0 Å². The predicted octanol–water partition coefficient (Wildman–Crippen LogP) is 8.31. The number of benzene rings is 6. The maximum Gasteiger partial charge on any atom is 0.335 e. The summed E-state index contributed by atoms with van der Waals surface area (Å²) < 4.78 is 40.8. The van der Waals surface area contributed by atoms with Gasteiger partial charge in [-0.1, -0.05) is 136 Å². The van der Waals surface area contributed by atoms with Gasteiger partial charge in [-0.3, -0.25) is 33.9 Å². The molecule has 3 aliphatic heterocycles. The number of nitrogens with one attached hydrogen (secondary N) is 4. The van der Waals surface area contributed by atoms with E-state index >= 15 is 0 Å². The number of rotatable bonds is 15. The number of carbonyl (C=O) groups excluding carboxylic acids is 1. The fourth-order valence-corrected chi connectivity index (χ4v) is 11.9. The summed E-state index contributed by atoms with van der Waals surface area (Å²) in [5, 5.41) is 32.0. The van der Waals surface area contributed by atoms with Gasteiger partial charge in [0.15, 0.2) is 11.3 Å². The minimum Gasteiger partial charge on any atom is -0.478 e. The molecule has 13 rings (SSSR count). The molecular formula is C69H72F3N15O6. The molecule has 6 unspecified atom stereocenters. The summed E-state index contributed by atoms with van der Waals surface area (Å²) in [5.41, 5.74) is 9.94. The number of hydrogen-bond donors (Lipinski definition) is 6. The molecular weight excluding hydrogens is 1190 g/mol. The second kappa shape index (κ2) is 30.8. The molecule has 3 fully saturated rings. The highest BCUT2D eigenvalue weighted by atomic mass is 19.1. The number of likely N-dealkylation sites (tertiary alicyclic amines) is 3. The number of halogens is 3. The molecule has 3 aliphatic rings. The van der Waals surface area contributed by atoms with Crippen molar-refractivity contribution in [1.82, 2.24) is 70.0 Å². The molecule has 6 aromatic carbocycles. The Morgan fingerprint density at radius 1 is 0.527 bits per heavy atom. The minimum atomic E-state index is -1.11. The summed E-state index contributed by atoms with van der Waals surface area (Å²) in [6, 6.07) is 47.4. The van der Waals surface area contributed by atoms with Crippen LogP contribution in [0.15, 0.2) is 184 Å². The zero-order chi connectivity index (χ0) is 65.5. The Hall–Kier alpha value is -10.1. The van der Waals surface area contributed by atoms with E-state index in [1.165, 1.54) is 75.9 Å². The smallest absolute Gasteiger partial charge is 0.335 e. The van der Waals surface area contributed by atoms with Crippen molar-refractivity contribution < 1.29 is 27.9 Å². The van der Waals surface area contributed by atoms with E-state index in [9.17, 15) is 37.1 Å². The summed E-state index contributed by atoms with van der Waals surface area (Å²) in [6.45, 7) is 14.5. The van der Waals surface area contributed by atoms with Gasteiger partial charge in [0.05, 0.1) is 18.3 Å². The normalized spacial score (nSPS) is 18.8. The number of carboxylic acid groups (broad SMARTS) is 1. The van der Waals surface area contributed by atoms with Crippen molar-refractivity contribution in [1.29, 1.82) is 0 Å². The van der Waals surface area contributed by atoms with Crippen LogP contribution in [0.2, 0.25) is 0 Å². The monoisotopic (exact) mass is 1260 g/mol. The summed E-state index contributed by atoms with van der Waals surface area (Å²) in [4.78, 5) is 79.5. The molecule has 4 aromatic heterocycles. The number of hydrogen-bond acceptors (Lipinski definition) is 15. The third-order valence-corrected chi connectivity index (χ3v) is 16.7. The third kappa shape index (κ3) is 17.3. The molecule has 1 amide bonds. The number of imidazole rings is 1. The van der Waals surface area contributed by atoms with E-state index in [1.54, 1.807) is 12.1 Å². The van der Waals surface area contributed by atoms with Gasteiger partial charge in [-0.05, 0) is 83.0 Å². The molecule has 0 saturated carbocycles. The average molecular weight is 1260 g/mol. The largest absolute Gasteiger partial charge is 0.478 e. The van der Waals surface area contributed by atoms with Crippen LogP contribution >= 0.6 is 0 Å². The summed E-state index contributed by atoms with van der Waals surface area (Å²) in [7, 11) is 0. The van der Waals surface area contributed by atoms with Gasteiger partial charge in [0, 0.05) is 94.3 Å². The Balaban J connectivity index is 0.000000143. The van der Waals surface area contributed by atoms with Crippen molar-refractivity contribution >= 4 is 17.4 Å². The van der Waals surface area contributed by atoms with E-state index in [2.05, 4.69) is 130 Å². The Bertz CT molecular complexity index is 4350. The van der Waals surface area contributed by atoms with Gasteiger partial charge in [-0.15, -0.1) is 20.4 Å². The lowest BCUT2D eigenvalue weighted by Crippen LogP contribution is -2.30. The van der Waals surface area contributed by atoms with Crippen LogP contribution < -0.4 is 27.7 Å². The van der Waals surface area contributed by atoms with Crippen LogP contribution in [0.25, 0.3) is 16.9 Å². The van der Waals surface area contributed by atoms with Crippen LogP contribution in [-0.2, 0) is 32.7 Å². The lowest BCUT2D eigenvalue weighted by molar-refractivity contribution is 0.0696. The zero-order valence-corrected chi connectivity index (χ0v) is 51.6. The summed E-state index contributed by atoms with van der Waals surface area (Å²) in [6.07, 6.45) is 1.48. The number of carboxylic acids is 1. The SMILES string of the molecule is CC1CN(Cc2ccccc2)CC1c1nn2c(-c3cccc(F)c3)ncc2c(=O)[nH]1.CC1CN(Cc2ccccc2)CC1c1nnc(CN)c(=O)[nH]1.CC1CN(Cc2ccccc2)CC1c1nnc(CNC(=O)c2cccc(F)c2)c(=O)[nH]1.O=C(O)c1cccc(F)c1. The zero-order valence-electron chi connectivity index (χ0n) is 51.6. The maximum atomic E-state index is 13.7. The molecule has 7 heterocycles. The first-order chi connectivity index (χ1) is 44.9. The fraction of sp³-hybridized carbons (Fsp3) is 0.290. The van der Waals surface area contributed by atoms with Crippen LogP contribution in [0.4, 0.5) is 13.2 Å². The van der Waals surface area contributed by atoms with Gasteiger partial charge < -0.3 is 31.1 Å². The lowest BCUT2D eigenvalue weighted by atomic mass is 9.97. The molecule has 3 saturated heterocycles. The van der Waals surface area contributed by atoms with Crippen molar-refractivity contribution in [3.63, 3.8) is 0 Å². The molecule has 24 heteroatoms. The van der Waals surface area contributed by atoms with Gasteiger partial charge in [-0.25, -0.2) is 27.5 Å². The fourth-order valence-electron chi connectivity index (χ4n) is 11.9. The van der Waals surface area contributed by atoms with Gasteiger partial charge in [-0.2, -0.15) is 5.10 Å². The van der Waals surface area contributed by atoms with E-state index in [4.69, 9.17) is 15.9 Å². The van der Waals surface area contributed by atoms with Crippen LogP contribution in [0.3, 0.4) is 0 Å². The number of carbonyl (C=O) groups is 2. The number of aromatic carboxylic acids is 1. The second-order valence-corrected chi connectivity index (χ2v) is 23.7. The van der Waals surface area contributed by atoms with Crippen LogP contribution in [-0.4, -0.2) is 121 Å². The average Bonchev–Trinajstić information content (AvgIpc) is 1.68. The summed E-state index contributed by atoms with van der Waals surface area (Å²) in [5.74, 6) is 0.861. The van der Waals surface area contributed by atoms with Crippen LogP contribution in [0.5, 0.6) is 0 Å². The molecule has 0 spiro atoms. The molecule has 21 nitrogen and oxygen atoms in total. The molecule has 7 N–H and O–H groups in total. The molecule has 480 valence electrons. The van der Waals surface area contributed by atoms with E-state index in [-0.39, 0.29) is 75.9 Å².